The summed E-state index contributed by atoms with van der Waals surface area (Å²) in [5, 5.41) is 3.29. The van der Waals surface area contributed by atoms with Crippen molar-refractivity contribution in [3.8, 4) is 0 Å². The number of carbonyl (C=O) groups is 1. The summed E-state index contributed by atoms with van der Waals surface area (Å²) in [4.78, 5) is 15.0. The maximum absolute atomic E-state index is 12.5. The Kier molecular flexibility index (Phi) is 10.7. The molecule has 2 fully saturated rings. The van der Waals surface area contributed by atoms with E-state index in [0.29, 0.717) is 19.0 Å². The number of carbonyl (C=O) groups excluding carboxylic acids is 1. The lowest BCUT2D eigenvalue weighted by Gasteiger charge is -2.37. The number of rotatable bonds is 6. The third kappa shape index (κ3) is 7.26. The maximum atomic E-state index is 12.5. The molecule has 0 bridgehead atoms. The van der Waals surface area contributed by atoms with E-state index in [4.69, 9.17) is 5.73 Å². The summed E-state index contributed by atoms with van der Waals surface area (Å²) in [6.07, 6.45) is 8.70. The average Bonchev–Trinajstić information content (AvgIpc) is 2.65. The predicted octanol–water partition coefficient (Wildman–Crippen LogP) is 3.91. The Morgan fingerprint density at radius 3 is 2.30 bits per heavy atom. The molecule has 0 unspecified atom stereocenters. The highest BCUT2D eigenvalue weighted by molar-refractivity contribution is 5.85. The third-order valence-corrected chi connectivity index (χ3v) is 6.08. The van der Waals surface area contributed by atoms with Crippen LogP contribution in [0.15, 0.2) is 30.3 Å². The second-order valence-electron chi connectivity index (χ2n) is 8.05. The molecule has 1 heterocycles. The van der Waals surface area contributed by atoms with Gasteiger partial charge in [-0.05, 0) is 43.2 Å². The fourth-order valence-electron chi connectivity index (χ4n) is 4.45. The van der Waals surface area contributed by atoms with Crippen LogP contribution in [0.3, 0.4) is 0 Å². The van der Waals surface area contributed by atoms with E-state index in [1.807, 2.05) is 0 Å². The van der Waals surface area contributed by atoms with Gasteiger partial charge in [0.25, 0.3) is 0 Å². The first-order chi connectivity index (χ1) is 12.2. The summed E-state index contributed by atoms with van der Waals surface area (Å²) in [5.74, 6) is 0.217. The molecule has 3 N–H and O–H groups in total. The van der Waals surface area contributed by atoms with Gasteiger partial charge in [0.2, 0.25) is 5.91 Å². The Hall–Kier alpha value is -0.810. The molecule has 4 nitrogen and oxygen atoms in total. The molecule has 3 rings (SSSR count). The van der Waals surface area contributed by atoms with E-state index in [-0.39, 0.29) is 36.1 Å². The largest absolute Gasteiger partial charge is 0.353 e. The molecule has 1 saturated heterocycles. The van der Waals surface area contributed by atoms with Gasteiger partial charge in [-0.1, -0.05) is 49.6 Å². The van der Waals surface area contributed by atoms with E-state index in [1.54, 1.807) is 0 Å². The normalized spacial score (nSPS) is 20.2. The minimum absolute atomic E-state index is 0. The van der Waals surface area contributed by atoms with Crippen LogP contribution in [0.1, 0.15) is 56.9 Å². The van der Waals surface area contributed by atoms with Crippen LogP contribution in [-0.4, -0.2) is 36.5 Å². The summed E-state index contributed by atoms with van der Waals surface area (Å²) in [6, 6.07) is 11.0. The van der Waals surface area contributed by atoms with E-state index in [1.165, 1.54) is 24.8 Å². The van der Waals surface area contributed by atoms with Gasteiger partial charge in [-0.3, -0.25) is 9.69 Å². The Morgan fingerprint density at radius 1 is 1.07 bits per heavy atom. The van der Waals surface area contributed by atoms with Gasteiger partial charge in [-0.25, -0.2) is 0 Å². The molecule has 1 aliphatic heterocycles. The van der Waals surface area contributed by atoms with Gasteiger partial charge in [-0.15, -0.1) is 24.8 Å². The van der Waals surface area contributed by atoms with Crippen molar-refractivity contribution < 1.29 is 4.79 Å². The van der Waals surface area contributed by atoms with Gasteiger partial charge in [-0.2, -0.15) is 0 Å². The molecule has 0 aromatic heterocycles. The van der Waals surface area contributed by atoms with E-state index in [2.05, 4.69) is 40.5 Å². The lowest BCUT2D eigenvalue weighted by atomic mass is 9.71. The predicted molar refractivity (Wildman–Crippen MR) is 117 cm³/mol. The highest BCUT2D eigenvalue weighted by Gasteiger charge is 2.33. The molecule has 1 aromatic carbocycles. The van der Waals surface area contributed by atoms with Crippen LogP contribution >= 0.6 is 24.8 Å². The lowest BCUT2D eigenvalue weighted by Crippen LogP contribution is -2.46. The second-order valence-corrected chi connectivity index (χ2v) is 8.05. The Morgan fingerprint density at radius 2 is 1.70 bits per heavy atom. The van der Waals surface area contributed by atoms with Crippen LogP contribution in [0.2, 0.25) is 0 Å². The number of hydrogen-bond donors (Lipinski definition) is 2. The number of likely N-dealkylation sites (tertiary alicyclic amines) is 1. The summed E-state index contributed by atoms with van der Waals surface area (Å²) in [6.45, 7) is 3.78. The molecule has 1 aromatic rings. The number of amides is 1. The van der Waals surface area contributed by atoms with Crippen LogP contribution in [-0.2, 0) is 11.3 Å². The molecule has 0 radical (unpaired) electrons. The Bertz CT molecular complexity index is 542. The van der Waals surface area contributed by atoms with Crippen molar-refractivity contribution in [1.82, 2.24) is 10.2 Å². The SMILES string of the molecule is Cl.Cl.NCC1(CC(=O)NC2CCN(Cc3ccccc3)CC2)CCCCC1. The quantitative estimate of drug-likeness (QED) is 0.739. The van der Waals surface area contributed by atoms with Crippen LogP contribution in [0, 0.1) is 5.41 Å². The zero-order chi connectivity index (χ0) is 17.5. The molecule has 27 heavy (non-hydrogen) atoms. The zero-order valence-electron chi connectivity index (χ0n) is 16.2. The molecular weight excluding hydrogens is 381 g/mol. The number of nitrogens with two attached hydrogens (primary N) is 1. The van der Waals surface area contributed by atoms with E-state index < -0.39 is 0 Å². The van der Waals surface area contributed by atoms with Crippen molar-refractivity contribution in [2.24, 2.45) is 11.1 Å². The van der Waals surface area contributed by atoms with Gasteiger partial charge < -0.3 is 11.1 Å². The van der Waals surface area contributed by atoms with E-state index in [9.17, 15) is 4.79 Å². The van der Waals surface area contributed by atoms with Gasteiger partial charge in [0.05, 0.1) is 0 Å². The number of nitrogens with one attached hydrogen (secondary N) is 1. The van der Waals surface area contributed by atoms with Gasteiger partial charge >= 0.3 is 0 Å². The molecule has 154 valence electrons. The Labute approximate surface area is 176 Å². The van der Waals surface area contributed by atoms with Crippen LogP contribution < -0.4 is 11.1 Å². The first-order valence-electron chi connectivity index (χ1n) is 9.95. The third-order valence-electron chi connectivity index (χ3n) is 6.08. The number of piperidine rings is 1. The Balaban J connectivity index is 0.00000182. The highest BCUT2D eigenvalue weighted by atomic mass is 35.5. The van der Waals surface area contributed by atoms with Gasteiger partial charge in [0.15, 0.2) is 0 Å². The van der Waals surface area contributed by atoms with Crippen LogP contribution in [0.5, 0.6) is 0 Å². The first-order valence-corrected chi connectivity index (χ1v) is 9.95. The standard InChI is InChI=1S/C21H33N3O.2ClH/c22-17-21(11-5-2-6-12-21)15-20(25)23-19-9-13-24(14-10-19)16-18-7-3-1-4-8-18;;/h1,3-4,7-8,19H,2,5-6,9-17,22H2,(H,23,25);2*1H. The van der Waals surface area contributed by atoms with Crippen molar-refractivity contribution >= 4 is 30.7 Å². The highest BCUT2D eigenvalue weighted by Crippen LogP contribution is 2.38. The average molecular weight is 416 g/mol. The monoisotopic (exact) mass is 415 g/mol. The van der Waals surface area contributed by atoms with Crippen LogP contribution in [0.25, 0.3) is 0 Å². The fraction of sp³-hybridized carbons (Fsp3) is 0.667. The molecule has 1 aliphatic carbocycles. The maximum Gasteiger partial charge on any atom is 0.220 e. The first kappa shape index (κ1) is 24.2. The van der Waals surface area contributed by atoms with Crippen molar-refractivity contribution in [2.75, 3.05) is 19.6 Å². The summed E-state index contributed by atoms with van der Waals surface area (Å²) >= 11 is 0. The minimum Gasteiger partial charge on any atom is -0.353 e. The topological polar surface area (TPSA) is 58.4 Å². The number of benzene rings is 1. The molecular formula is C21H35Cl2N3O. The van der Waals surface area contributed by atoms with Crippen molar-refractivity contribution in [2.45, 2.75) is 64.0 Å². The lowest BCUT2D eigenvalue weighted by molar-refractivity contribution is -0.124. The van der Waals surface area contributed by atoms with E-state index >= 15 is 0 Å². The smallest absolute Gasteiger partial charge is 0.220 e. The molecule has 2 aliphatic rings. The van der Waals surface area contributed by atoms with Crippen LogP contribution in [0.4, 0.5) is 0 Å². The van der Waals surface area contributed by atoms with Gasteiger partial charge in [0, 0.05) is 32.1 Å². The number of nitrogens with zero attached hydrogens (tertiary/aromatic N) is 1. The van der Waals surface area contributed by atoms with Crippen molar-refractivity contribution in [3.05, 3.63) is 35.9 Å². The summed E-state index contributed by atoms with van der Waals surface area (Å²) in [5.41, 5.74) is 7.46. The molecule has 1 saturated carbocycles. The number of halogens is 2. The molecule has 0 atom stereocenters. The van der Waals surface area contributed by atoms with Gasteiger partial charge in [0.1, 0.15) is 0 Å². The summed E-state index contributed by atoms with van der Waals surface area (Å²) in [7, 11) is 0. The number of hydrogen-bond acceptors (Lipinski definition) is 3. The minimum atomic E-state index is 0. The summed E-state index contributed by atoms with van der Waals surface area (Å²) < 4.78 is 0. The molecule has 0 spiro atoms. The van der Waals surface area contributed by atoms with E-state index in [0.717, 1.165) is 45.3 Å². The molecule has 6 heteroatoms. The van der Waals surface area contributed by atoms with Crippen molar-refractivity contribution in [3.63, 3.8) is 0 Å². The zero-order valence-corrected chi connectivity index (χ0v) is 17.8. The van der Waals surface area contributed by atoms with Crippen molar-refractivity contribution in [1.29, 1.82) is 0 Å². The second kappa shape index (κ2) is 11.9. The molecule has 1 amide bonds. The fourth-order valence-corrected chi connectivity index (χ4v) is 4.45.